The number of carboxylic acids is 1. The molecule has 0 aliphatic heterocycles. The topological polar surface area (TPSA) is 214 Å². The number of nitrogens with one attached hydrogen (secondary N) is 3. The molecule has 0 bridgehead atoms. The van der Waals surface area contributed by atoms with Gasteiger partial charge in [-0.15, -0.1) is 0 Å². The second-order valence-corrected chi connectivity index (χ2v) is 9.99. The minimum atomic E-state index is -1.42. The monoisotopic (exact) mass is 555 g/mol. The summed E-state index contributed by atoms with van der Waals surface area (Å²) < 4.78 is 0. The standard InChI is InChI=1S/C28H37N5O7/c1-16(2)12-20(29)25(36)31-22(15-24(30)35)27(38)32-21(13-18-8-10-19(34)11-9-18)26(37)33-23(28(39)40)14-17-6-4-3-5-7-17/h3-11,16,20-23,34H,12-15,29H2,1-2H3,(H2,30,35)(H,31,36)(H,32,38)(H,33,37)(H,39,40). The fourth-order valence-corrected chi connectivity index (χ4v) is 3.98. The van der Waals surface area contributed by atoms with E-state index in [0.29, 0.717) is 17.5 Å². The molecular weight excluding hydrogens is 518 g/mol. The Morgan fingerprint density at radius 3 is 1.80 bits per heavy atom. The molecule has 12 heteroatoms. The van der Waals surface area contributed by atoms with Crippen LogP contribution < -0.4 is 27.4 Å². The molecule has 4 amide bonds. The number of carboxylic acid groups (broad SMARTS) is 1. The van der Waals surface area contributed by atoms with Crippen molar-refractivity contribution in [1.29, 1.82) is 0 Å². The summed E-state index contributed by atoms with van der Waals surface area (Å²) in [6, 6.07) is 9.61. The quantitative estimate of drug-likeness (QED) is 0.158. The van der Waals surface area contributed by atoms with E-state index in [9.17, 15) is 34.2 Å². The van der Waals surface area contributed by atoms with E-state index in [1.54, 1.807) is 30.3 Å². The second-order valence-electron chi connectivity index (χ2n) is 9.99. The Morgan fingerprint density at radius 1 is 0.750 bits per heavy atom. The maximum atomic E-state index is 13.3. The first-order chi connectivity index (χ1) is 18.8. The van der Waals surface area contributed by atoms with Crippen molar-refractivity contribution in [3.8, 4) is 5.75 Å². The van der Waals surface area contributed by atoms with Crippen molar-refractivity contribution >= 4 is 29.6 Å². The summed E-state index contributed by atoms with van der Waals surface area (Å²) in [5.74, 6) is -4.40. The number of amides is 4. The zero-order valence-electron chi connectivity index (χ0n) is 22.5. The van der Waals surface area contributed by atoms with Crippen LogP contribution in [0.5, 0.6) is 5.75 Å². The van der Waals surface area contributed by atoms with Gasteiger partial charge in [-0.25, -0.2) is 4.79 Å². The van der Waals surface area contributed by atoms with E-state index in [4.69, 9.17) is 11.5 Å². The van der Waals surface area contributed by atoms with Crippen molar-refractivity contribution < 1.29 is 34.2 Å². The van der Waals surface area contributed by atoms with Crippen molar-refractivity contribution in [2.75, 3.05) is 0 Å². The molecule has 0 radical (unpaired) electrons. The van der Waals surface area contributed by atoms with Gasteiger partial charge in [-0.2, -0.15) is 0 Å². The van der Waals surface area contributed by atoms with Crippen LogP contribution in [0.4, 0.5) is 0 Å². The summed E-state index contributed by atoms with van der Waals surface area (Å²) >= 11 is 0. The zero-order valence-corrected chi connectivity index (χ0v) is 22.5. The van der Waals surface area contributed by atoms with Gasteiger partial charge in [0.2, 0.25) is 23.6 Å². The third kappa shape index (κ3) is 10.7. The first kappa shape index (κ1) is 31.8. The van der Waals surface area contributed by atoms with Crippen LogP contribution in [0.15, 0.2) is 54.6 Å². The molecule has 0 saturated heterocycles. The third-order valence-corrected chi connectivity index (χ3v) is 6.01. The number of phenolic OH excluding ortho intramolecular Hbond substituents is 1. The van der Waals surface area contributed by atoms with Crippen molar-refractivity contribution in [3.05, 3.63) is 65.7 Å². The van der Waals surface area contributed by atoms with Gasteiger partial charge in [-0.3, -0.25) is 19.2 Å². The van der Waals surface area contributed by atoms with Gasteiger partial charge in [0.1, 0.15) is 23.9 Å². The molecule has 0 heterocycles. The maximum absolute atomic E-state index is 13.3. The van der Waals surface area contributed by atoms with Crippen LogP contribution in [0.3, 0.4) is 0 Å². The lowest BCUT2D eigenvalue weighted by molar-refractivity contribution is -0.142. The molecule has 4 unspecified atom stereocenters. The van der Waals surface area contributed by atoms with E-state index >= 15 is 0 Å². The fourth-order valence-electron chi connectivity index (χ4n) is 3.98. The summed E-state index contributed by atoms with van der Waals surface area (Å²) in [5, 5.41) is 26.7. The van der Waals surface area contributed by atoms with Gasteiger partial charge in [0.05, 0.1) is 12.5 Å². The molecule has 0 saturated carbocycles. The lowest BCUT2D eigenvalue weighted by atomic mass is 10.0. The average molecular weight is 556 g/mol. The SMILES string of the molecule is CC(C)CC(N)C(=O)NC(CC(N)=O)C(=O)NC(Cc1ccc(O)cc1)C(=O)NC(Cc1ccccc1)C(=O)O. The molecule has 0 spiro atoms. The lowest BCUT2D eigenvalue weighted by Crippen LogP contribution is -2.58. The Labute approximate surface area is 232 Å². The van der Waals surface area contributed by atoms with Crippen molar-refractivity contribution in [2.24, 2.45) is 17.4 Å². The Kier molecular flexibility index (Phi) is 12.1. The molecular formula is C28H37N5O7. The summed E-state index contributed by atoms with van der Waals surface area (Å²) in [7, 11) is 0. The fraction of sp³-hybridized carbons (Fsp3) is 0.393. The number of hydrogen-bond acceptors (Lipinski definition) is 7. The van der Waals surface area contributed by atoms with Crippen LogP contribution in [-0.4, -0.2) is 64.0 Å². The average Bonchev–Trinajstić information content (AvgIpc) is 2.88. The minimum Gasteiger partial charge on any atom is -0.508 e. The zero-order chi connectivity index (χ0) is 29.8. The van der Waals surface area contributed by atoms with E-state index in [2.05, 4.69) is 16.0 Å². The predicted octanol–water partition coefficient (Wildman–Crippen LogP) is -0.0348. The molecule has 0 aliphatic rings. The Hall–Kier alpha value is -4.45. The Bertz CT molecular complexity index is 1170. The molecule has 0 fully saturated rings. The summed E-state index contributed by atoms with van der Waals surface area (Å²) in [4.78, 5) is 62.7. The lowest BCUT2D eigenvalue weighted by Gasteiger charge is -2.25. The number of primary amides is 1. The van der Waals surface area contributed by atoms with Gasteiger partial charge in [0, 0.05) is 12.8 Å². The van der Waals surface area contributed by atoms with Crippen LogP contribution in [-0.2, 0) is 36.8 Å². The van der Waals surface area contributed by atoms with Crippen LogP contribution >= 0.6 is 0 Å². The van der Waals surface area contributed by atoms with E-state index < -0.39 is 60.2 Å². The molecule has 40 heavy (non-hydrogen) atoms. The van der Waals surface area contributed by atoms with Crippen LogP contribution in [0, 0.1) is 5.92 Å². The first-order valence-electron chi connectivity index (χ1n) is 12.8. The number of rotatable bonds is 15. The number of carbonyl (C=O) groups is 5. The molecule has 9 N–H and O–H groups in total. The summed E-state index contributed by atoms with van der Waals surface area (Å²) in [6.07, 6.45) is -0.304. The number of benzene rings is 2. The molecule has 2 aromatic carbocycles. The van der Waals surface area contributed by atoms with Gasteiger partial charge in [-0.05, 0) is 35.6 Å². The number of hydrogen-bond donors (Lipinski definition) is 7. The molecule has 2 rings (SSSR count). The van der Waals surface area contributed by atoms with Crippen LogP contribution in [0.1, 0.15) is 37.8 Å². The second kappa shape index (κ2) is 15.2. The highest BCUT2D eigenvalue weighted by atomic mass is 16.4. The van der Waals surface area contributed by atoms with E-state index in [1.165, 1.54) is 24.3 Å². The van der Waals surface area contributed by atoms with Crippen LogP contribution in [0.2, 0.25) is 0 Å². The molecule has 12 nitrogen and oxygen atoms in total. The smallest absolute Gasteiger partial charge is 0.326 e. The maximum Gasteiger partial charge on any atom is 0.326 e. The highest BCUT2D eigenvalue weighted by Gasteiger charge is 2.31. The first-order valence-corrected chi connectivity index (χ1v) is 12.8. The number of aromatic hydroxyl groups is 1. The number of carbonyl (C=O) groups excluding carboxylic acids is 4. The number of aliphatic carboxylic acids is 1. The largest absolute Gasteiger partial charge is 0.508 e. The number of nitrogens with two attached hydrogens (primary N) is 2. The summed E-state index contributed by atoms with van der Waals surface area (Å²) in [5.41, 5.74) is 12.4. The van der Waals surface area contributed by atoms with Gasteiger partial charge in [0.15, 0.2) is 0 Å². The van der Waals surface area contributed by atoms with Crippen molar-refractivity contribution in [3.63, 3.8) is 0 Å². The normalized spacial score (nSPS) is 13.9. The molecule has 4 atom stereocenters. The van der Waals surface area contributed by atoms with E-state index in [-0.39, 0.29) is 24.5 Å². The van der Waals surface area contributed by atoms with Gasteiger partial charge < -0.3 is 37.6 Å². The molecule has 2 aromatic rings. The van der Waals surface area contributed by atoms with Crippen LogP contribution in [0.25, 0.3) is 0 Å². The van der Waals surface area contributed by atoms with E-state index in [0.717, 1.165) is 0 Å². The highest BCUT2D eigenvalue weighted by molar-refractivity contribution is 5.96. The molecule has 0 aliphatic carbocycles. The van der Waals surface area contributed by atoms with Gasteiger partial charge >= 0.3 is 5.97 Å². The molecule has 216 valence electrons. The Balaban J connectivity index is 2.27. The van der Waals surface area contributed by atoms with Crippen molar-refractivity contribution in [1.82, 2.24) is 16.0 Å². The highest BCUT2D eigenvalue weighted by Crippen LogP contribution is 2.13. The summed E-state index contributed by atoms with van der Waals surface area (Å²) in [6.45, 7) is 3.74. The van der Waals surface area contributed by atoms with Gasteiger partial charge in [0.25, 0.3) is 0 Å². The minimum absolute atomic E-state index is 0.00408. The molecule has 0 aromatic heterocycles. The Morgan fingerprint density at radius 2 is 1.25 bits per heavy atom. The van der Waals surface area contributed by atoms with Gasteiger partial charge in [-0.1, -0.05) is 56.3 Å². The number of phenols is 1. The van der Waals surface area contributed by atoms with Crippen molar-refractivity contribution in [2.45, 2.75) is 63.7 Å². The predicted molar refractivity (Wildman–Crippen MR) is 147 cm³/mol. The van der Waals surface area contributed by atoms with E-state index in [1.807, 2.05) is 13.8 Å². The third-order valence-electron chi connectivity index (χ3n) is 6.01.